The molecule has 1 saturated heterocycles. The van der Waals surface area contributed by atoms with Crippen LogP contribution in [0.25, 0.3) is 10.9 Å². The maximum atomic E-state index is 13.2. The van der Waals surface area contributed by atoms with Crippen LogP contribution in [0.2, 0.25) is 15.1 Å². The summed E-state index contributed by atoms with van der Waals surface area (Å²) in [6.45, 7) is 2.22. The van der Waals surface area contributed by atoms with E-state index in [-0.39, 0.29) is 11.8 Å². The summed E-state index contributed by atoms with van der Waals surface area (Å²) in [6, 6.07) is 17.9. The zero-order chi connectivity index (χ0) is 25.2. The highest BCUT2D eigenvalue weighted by molar-refractivity contribution is 6.37. The minimum Gasteiger partial charge on any atom is -0.364 e. The smallest absolute Gasteiger partial charge is 0.255 e. The van der Waals surface area contributed by atoms with E-state index in [9.17, 15) is 9.59 Å². The number of fused-ring (bicyclic) bond motifs is 1. The Hall–Kier alpha value is -3.26. The highest BCUT2D eigenvalue weighted by Gasteiger charge is 2.26. The molecule has 5 rings (SSSR count). The van der Waals surface area contributed by atoms with Gasteiger partial charge in [0, 0.05) is 43.3 Å². The summed E-state index contributed by atoms with van der Waals surface area (Å²) >= 11 is 18.5. The minimum absolute atomic E-state index is 0.0678. The lowest BCUT2D eigenvalue weighted by atomic mass is 10.1. The first-order chi connectivity index (χ1) is 17.4. The van der Waals surface area contributed by atoms with Gasteiger partial charge in [0.15, 0.2) is 5.82 Å². The molecule has 3 aromatic carbocycles. The standard InChI is InChI=1S/C26H22Cl3N5O2/c27-18-7-8-19(21(29)14-18)26(36)34-11-9-33(10-12-34)25(35)17-4-1-3-16(13-17)15-30-24-23-20(28)5-2-6-22(23)31-32-24/h1-8,13-14H,9-12,15H2,(H2,30,31,32). The van der Waals surface area contributed by atoms with Crippen molar-refractivity contribution in [2.45, 2.75) is 6.54 Å². The number of carbonyl (C=O) groups is 2. The van der Waals surface area contributed by atoms with Crippen LogP contribution in [0.3, 0.4) is 0 Å². The van der Waals surface area contributed by atoms with E-state index < -0.39 is 0 Å². The van der Waals surface area contributed by atoms with E-state index in [1.807, 2.05) is 36.4 Å². The second-order valence-corrected chi connectivity index (χ2v) is 9.75. The lowest BCUT2D eigenvalue weighted by Crippen LogP contribution is -2.50. The average molecular weight is 543 g/mol. The fourth-order valence-electron chi connectivity index (χ4n) is 4.29. The van der Waals surface area contributed by atoms with Crippen molar-refractivity contribution >= 4 is 63.3 Å². The van der Waals surface area contributed by atoms with E-state index in [0.29, 0.717) is 64.7 Å². The molecule has 0 atom stereocenters. The number of H-pyrrole nitrogens is 1. The van der Waals surface area contributed by atoms with Crippen LogP contribution in [0, 0.1) is 0 Å². The van der Waals surface area contributed by atoms with Crippen molar-refractivity contribution in [3.8, 4) is 0 Å². The van der Waals surface area contributed by atoms with Crippen LogP contribution in [0.5, 0.6) is 0 Å². The molecule has 36 heavy (non-hydrogen) atoms. The first kappa shape index (κ1) is 24.4. The van der Waals surface area contributed by atoms with Crippen molar-refractivity contribution in [3.05, 3.63) is 92.4 Å². The molecular formula is C26H22Cl3N5O2. The number of rotatable bonds is 5. The molecule has 1 fully saturated rings. The topological polar surface area (TPSA) is 81.3 Å². The maximum Gasteiger partial charge on any atom is 0.255 e. The summed E-state index contributed by atoms with van der Waals surface area (Å²) in [6.07, 6.45) is 0. The second kappa shape index (κ2) is 10.4. The third-order valence-corrected chi connectivity index (χ3v) is 7.05. The summed E-state index contributed by atoms with van der Waals surface area (Å²) in [7, 11) is 0. The van der Waals surface area contributed by atoms with Gasteiger partial charge in [-0.3, -0.25) is 14.7 Å². The molecule has 4 aromatic rings. The molecule has 0 unspecified atom stereocenters. The number of anilines is 1. The van der Waals surface area contributed by atoms with Gasteiger partial charge in [-0.15, -0.1) is 0 Å². The Bertz CT molecular complexity index is 1450. The van der Waals surface area contributed by atoms with Gasteiger partial charge in [-0.2, -0.15) is 5.10 Å². The number of benzene rings is 3. The van der Waals surface area contributed by atoms with Crippen molar-refractivity contribution in [2.24, 2.45) is 0 Å². The van der Waals surface area contributed by atoms with Gasteiger partial charge in [0.05, 0.1) is 26.5 Å². The Balaban J connectivity index is 1.21. The van der Waals surface area contributed by atoms with Crippen molar-refractivity contribution in [1.82, 2.24) is 20.0 Å². The van der Waals surface area contributed by atoms with Crippen molar-refractivity contribution in [2.75, 3.05) is 31.5 Å². The van der Waals surface area contributed by atoms with Crippen LogP contribution in [-0.2, 0) is 6.54 Å². The van der Waals surface area contributed by atoms with Gasteiger partial charge in [-0.05, 0) is 48.0 Å². The normalized spacial score (nSPS) is 13.8. The molecule has 2 amide bonds. The van der Waals surface area contributed by atoms with Gasteiger partial charge < -0.3 is 15.1 Å². The summed E-state index contributed by atoms with van der Waals surface area (Å²) in [5, 5.41) is 12.8. The quantitative estimate of drug-likeness (QED) is 0.337. The van der Waals surface area contributed by atoms with Crippen molar-refractivity contribution in [3.63, 3.8) is 0 Å². The fraction of sp³-hybridized carbons (Fsp3) is 0.192. The molecule has 0 radical (unpaired) electrons. The first-order valence-electron chi connectivity index (χ1n) is 11.4. The van der Waals surface area contributed by atoms with E-state index in [2.05, 4.69) is 15.5 Å². The number of hydrogen-bond donors (Lipinski definition) is 2. The number of halogens is 3. The number of aromatic nitrogens is 2. The van der Waals surface area contributed by atoms with Crippen LogP contribution in [0.1, 0.15) is 26.3 Å². The first-order valence-corrected chi connectivity index (χ1v) is 12.5. The summed E-state index contributed by atoms with van der Waals surface area (Å²) in [5.74, 6) is 0.429. The third kappa shape index (κ3) is 5.00. The Morgan fingerprint density at radius 3 is 2.33 bits per heavy atom. The average Bonchev–Trinajstić information content (AvgIpc) is 3.31. The summed E-state index contributed by atoms with van der Waals surface area (Å²) in [4.78, 5) is 29.5. The highest BCUT2D eigenvalue weighted by atomic mass is 35.5. The number of nitrogens with one attached hydrogen (secondary N) is 2. The van der Waals surface area contributed by atoms with E-state index in [1.54, 1.807) is 34.1 Å². The molecule has 0 bridgehead atoms. The van der Waals surface area contributed by atoms with Gasteiger partial charge in [0.1, 0.15) is 0 Å². The third-order valence-electron chi connectivity index (χ3n) is 6.19. The monoisotopic (exact) mass is 541 g/mol. The number of nitrogens with zero attached hydrogens (tertiary/aromatic N) is 3. The van der Waals surface area contributed by atoms with Crippen LogP contribution >= 0.6 is 34.8 Å². The molecule has 2 heterocycles. The van der Waals surface area contributed by atoms with Gasteiger partial charge in [0.25, 0.3) is 11.8 Å². The molecule has 1 aliphatic rings. The molecule has 0 spiro atoms. The zero-order valence-electron chi connectivity index (χ0n) is 19.1. The lowest BCUT2D eigenvalue weighted by Gasteiger charge is -2.35. The lowest BCUT2D eigenvalue weighted by molar-refractivity contribution is 0.0535. The van der Waals surface area contributed by atoms with E-state index in [4.69, 9.17) is 34.8 Å². The van der Waals surface area contributed by atoms with Crippen molar-refractivity contribution < 1.29 is 9.59 Å². The maximum absolute atomic E-state index is 13.2. The van der Waals surface area contributed by atoms with E-state index >= 15 is 0 Å². The molecule has 0 aliphatic carbocycles. The van der Waals surface area contributed by atoms with Gasteiger partial charge in [-0.25, -0.2) is 0 Å². The minimum atomic E-state index is -0.164. The summed E-state index contributed by atoms with van der Waals surface area (Å²) in [5.41, 5.74) is 2.80. The van der Waals surface area contributed by atoms with E-state index in [1.165, 1.54) is 0 Å². The molecular weight excluding hydrogens is 521 g/mol. The largest absolute Gasteiger partial charge is 0.364 e. The molecule has 184 valence electrons. The Labute approximate surface area is 222 Å². The van der Waals surface area contributed by atoms with Crippen molar-refractivity contribution in [1.29, 1.82) is 0 Å². The van der Waals surface area contributed by atoms with Gasteiger partial charge in [-0.1, -0.05) is 53.0 Å². The molecule has 1 aromatic heterocycles. The molecule has 10 heteroatoms. The molecule has 2 N–H and O–H groups in total. The van der Waals surface area contributed by atoms with Crippen LogP contribution in [-0.4, -0.2) is 58.0 Å². The number of piperazine rings is 1. The van der Waals surface area contributed by atoms with Crippen LogP contribution in [0.4, 0.5) is 5.82 Å². The number of hydrogen-bond acceptors (Lipinski definition) is 4. The van der Waals surface area contributed by atoms with Crippen LogP contribution in [0.15, 0.2) is 60.7 Å². The van der Waals surface area contributed by atoms with E-state index in [0.717, 1.165) is 16.5 Å². The van der Waals surface area contributed by atoms with Gasteiger partial charge in [0.2, 0.25) is 0 Å². The predicted octanol–water partition coefficient (Wildman–Crippen LogP) is 5.73. The highest BCUT2D eigenvalue weighted by Crippen LogP contribution is 2.28. The summed E-state index contributed by atoms with van der Waals surface area (Å²) < 4.78 is 0. The molecule has 1 aliphatic heterocycles. The van der Waals surface area contributed by atoms with Crippen LogP contribution < -0.4 is 5.32 Å². The number of amides is 2. The van der Waals surface area contributed by atoms with Gasteiger partial charge >= 0.3 is 0 Å². The Morgan fingerprint density at radius 1 is 0.861 bits per heavy atom. The Morgan fingerprint density at radius 2 is 1.58 bits per heavy atom. The Kier molecular flexibility index (Phi) is 7.05. The molecule has 0 saturated carbocycles. The fourth-order valence-corrected chi connectivity index (χ4v) is 5.04. The number of aromatic amines is 1. The predicted molar refractivity (Wildman–Crippen MR) is 143 cm³/mol. The molecule has 7 nitrogen and oxygen atoms in total. The number of carbonyl (C=O) groups excluding carboxylic acids is 2. The second-order valence-electron chi connectivity index (χ2n) is 8.50. The zero-order valence-corrected chi connectivity index (χ0v) is 21.4. The SMILES string of the molecule is O=C(c1cccc(CNc2n[nH]c3cccc(Cl)c23)c1)N1CCN(C(=O)c2ccc(Cl)cc2Cl)CC1.